The Hall–Kier alpha value is -3.70. The van der Waals surface area contributed by atoms with Crippen LogP contribution in [0.5, 0.6) is 0 Å². The number of nitrogens with zero attached hydrogens (tertiary/aromatic N) is 4. The fraction of sp³-hybridized carbons (Fsp3) is 0.0370. The first-order valence-electron chi connectivity index (χ1n) is 10.3. The molecule has 0 N–H and O–H groups in total. The first-order chi connectivity index (χ1) is 15.7. The van der Waals surface area contributed by atoms with E-state index in [1.807, 2.05) is 60.8 Å². The summed E-state index contributed by atoms with van der Waals surface area (Å²) < 4.78 is 0. The highest BCUT2D eigenvalue weighted by atomic mass is 79.9. The van der Waals surface area contributed by atoms with E-state index in [0.717, 1.165) is 62.1 Å². The van der Waals surface area contributed by atoms with Crippen molar-refractivity contribution in [3.05, 3.63) is 125 Å². The van der Waals surface area contributed by atoms with Gasteiger partial charge in [0.2, 0.25) is 0 Å². The molecule has 32 heavy (non-hydrogen) atoms. The normalized spacial score (nSPS) is 20.2. The van der Waals surface area contributed by atoms with E-state index in [1.165, 1.54) is 5.56 Å². The molecule has 4 nitrogen and oxygen atoms in total. The Labute approximate surface area is 194 Å². The van der Waals surface area contributed by atoms with Gasteiger partial charge in [0.1, 0.15) is 0 Å². The van der Waals surface area contributed by atoms with Crippen LogP contribution in [0.2, 0.25) is 0 Å². The Morgan fingerprint density at radius 2 is 1.06 bits per heavy atom. The SMILES string of the molecule is BrCc1ccc(C2=CC3=CC4=NC(=CC5=NC(=CC6=NC(=CC2=N3)C=C6)C=C5)C=C4)cc1. The number of allylic oxidation sites excluding steroid dienone is 12. The van der Waals surface area contributed by atoms with Gasteiger partial charge in [-0.2, -0.15) is 0 Å². The largest absolute Gasteiger partial charge is 0.249 e. The number of benzene rings is 1. The molecule has 5 aliphatic heterocycles. The second kappa shape index (κ2) is 7.77. The highest BCUT2D eigenvalue weighted by Crippen LogP contribution is 2.29. The van der Waals surface area contributed by atoms with Crippen molar-refractivity contribution in [2.45, 2.75) is 5.33 Å². The molecule has 6 rings (SSSR count). The molecule has 1 aromatic rings. The molecule has 0 saturated heterocycles. The van der Waals surface area contributed by atoms with Crippen molar-refractivity contribution < 1.29 is 0 Å². The van der Waals surface area contributed by atoms with Crippen LogP contribution in [-0.2, 0) is 5.33 Å². The van der Waals surface area contributed by atoms with E-state index >= 15 is 0 Å². The summed E-state index contributed by atoms with van der Waals surface area (Å²) in [5.74, 6) is 0. The molecule has 0 fully saturated rings. The van der Waals surface area contributed by atoms with Crippen LogP contribution in [0, 0.1) is 0 Å². The van der Waals surface area contributed by atoms with Crippen LogP contribution < -0.4 is 0 Å². The number of halogens is 1. The minimum Gasteiger partial charge on any atom is -0.249 e. The fourth-order valence-corrected chi connectivity index (χ4v) is 4.28. The van der Waals surface area contributed by atoms with E-state index in [4.69, 9.17) is 15.0 Å². The minimum atomic E-state index is 0.836. The minimum absolute atomic E-state index is 0.836. The van der Waals surface area contributed by atoms with Gasteiger partial charge in [-0.15, -0.1) is 0 Å². The monoisotopic (exact) mass is 476 g/mol. The maximum absolute atomic E-state index is 4.90. The summed E-state index contributed by atoms with van der Waals surface area (Å²) in [5.41, 5.74) is 10.5. The third-order valence-electron chi connectivity index (χ3n) is 5.46. The zero-order valence-corrected chi connectivity index (χ0v) is 18.6. The molecule has 0 spiro atoms. The molecule has 5 heteroatoms. The molecule has 8 bridgehead atoms. The smallest absolute Gasteiger partial charge is 0.0737 e. The molecule has 0 aromatic heterocycles. The molecule has 1 aromatic carbocycles. The highest BCUT2D eigenvalue weighted by molar-refractivity contribution is 9.08. The maximum atomic E-state index is 4.90. The van der Waals surface area contributed by atoms with Gasteiger partial charge in [0.25, 0.3) is 0 Å². The van der Waals surface area contributed by atoms with E-state index in [1.54, 1.807) is 0 Å². The molecule has 0 atom stereocenters. The lowest BCUT2D eigenvalue weighted by atomic mass is 10.00. The number of fused-ring (bicyclic) bond motifs is 4. The first kappa shape index (κ1) is 19.0. The third kappa shape index (κ3) is 3.72. The average molecular weight is 477 g/mol. The molecule has 0 radical (unpaired) electrons. The average Bonchev–Trinajstić information content (AvgIpc) is 3.59. The van der Waals surface area contributed by atoms with Crippen molar-refractivity contribution in [3.8, 4) is 0 Å². The molecule has 0 unspecified atom stereocenters. The molecule has 0 aliphatic carbocycles. The van der Waals surface area contributed by atoms with Gasteiger partial charge in [-0.25, -0.2) is 20.0 Å². The molecular weight excluding hydrogens is 460 g/mol. The molecule has 152 valence electrons. The van der Waals surface area contributed by atoms with E-state index in [-0.39, 0.29) is 0 Å². The first-order valence-corrected chi connectivity index (χ1v) is 11.5. The third-order valence-corrected chi connectivity index (χ3v) is 6.11. The molecule has 0 saturated carbocycles. The number of hydrogen-bond acceptors (Lipinski definition) is 4. The standard InChI is InChI=1S/C27H17BrN4/c28-16-17-1-3-18(4-2-17)26-14-25-13-23-8-7-21(30-23)11-19-5-6-20(29-19)12-22-9-10-24(31-22)15-27(26)32-25/h1-15H,16H2. The number of hydrogen-bond donors (Lipinski definition) is 0. The van der Waals surface area contributed by atoms with Gasteiger partial charge in [0.15, 0.2) is 0 Å². The molecular formula is C27H17BrN4. The summed E-state index contributed by atoms with van der Waals surface area (Å²) in [7, 11) is 0. The summed E-state index contributed by atoms with van der Waals surface area (Å²) in [4.78, 5) is 19.0. The van der Waals surface area contributed by atoms with E-state index < -0.39 is 0 Å². The van der Waals surface area contributed by atoms with Crippen molar-refractivity contribution in [2.75, 3.05) is 0 Å². The number of alkyl halides is 1. The van der Waals surface area contributed by atoms with Crippen molar-refractivity contribution in [1.29, 1.82) is 0 Å². The van der Waals surface area contributed by atoms with Crippen LogP contribution in [0.3, 0.4) is 0 Å². The van der Waals surface area contributed by atoms with Gasteiger partial charge in [-0.05, 0) is 78.0 Å². The predicted octanol–water partition coefficient (Wildman–Crippen LogP) is 6.00. The lowest BCUT2D eigenvalue weighted by molar-refractivity contribution is 1.41. The van der Waals surface area contributed by atoms with Crippen molar-refractivity contribution in [1.82, 2.24) is 0 Å². The molecule has 5 heterocycles. The summed E-state index contributed by atoms with van der Waals surface area (Å²) in [5, 5.41) is 0.836. The van der Waals surface area contributed by atoms with Gasteiger partial charge >= 0.3 is 0 Å². The Morgan fingerprint density at radius 1 is 0.531 bits per heavy atom. The Kier molecular flexibility index (Phi) is 4.62. The quantitative estimate of drug-likeness (QED) is 0.470. The van der Waals surface area contributed by atoms with Crippen LogP contribution in [0.4, 0.5) is 0 Å². The second-order valence-electron chi connectivity index (χ2n) is 7.77. The van der Waals surface area contributed by atoms with E-state index in [0.29, 0.717) is 0 Å². The van der Waals surface area contributed by atoms with Crippen molar-refractivity contribution in [3.63, 3.8) is 0 Å². The summed E-state index contributed by atoms with van der Waals surface area (Å²) >= 11 is 3.52. The van der Waals surface area contributed by atoms with Gasteiger partial charge in [0.05, 0.1) is 45.6 Å². The Morgan fingerprint density at radius 3 is 1.62 bits per heavy atom. The zero-order valence-electron chi connectivity index (χ0n) is 17.0. The van der Waals surface area contributed by atoms with Gasteiger partial charge in [-0.1, -0.05) is 40.2 Å². The fourth-order valence-electron chi connectivity index (χ4n) is 3.90. The Bertz CT molecular complexity index is 1410. The Balaban J connectivity index is 1.48. The van der Waals surface area contributed by atoms with Crippen LogP contribution in [0.25, 0.3) is 5.57 Å². The van der Waals surface area contributed by atoms with Gasteiger partial charge in [-0.3, -0.25) is 0 Å². The lowest BCUT2D eigenvalue weighted by Gasteiger charge is -2.05. The topological polar surface area (TPSA) is 49.4 Å². The summed E-state index contributed by atoms with van der Waals surface area (Å²) in [6.45, 7) is 0. The van der Waals surface area contributed by atoms with Crippen LogP contribution in [0.1, 0.15) is 11.1 Å². The number of aliphatic imine (C=N–C) groups is 4. The van der Waals surface area contributed by atoms with Crippen molar-refractivity contribution >= 4 is 44.3 Å². The number of rotatable bonds is 2. The van der Waals surface area contributed by atoms with E-state index in [9.17, 15) is 0 Å². The molecule has 0 amide bonds. The highest BCUT2D eigenvalue weighted by Gasteiger charge is 2.18. The second-order valence-corrected chi connectivity index (χ2v) is 8.33. The summed E-state index contributed by atoms with van der Waals surface area (Å²) in [6.07, 6.45) is 22.2. The van der Waals surface area contributed by atoms with Crippen LogP contribution in [-0.4, -0.2) is 22.8 Å². The summed E-state index contributed by atoms with van der Waals surface area (Å²) in [6, 6.07) is 8.55. The molecule has 5 aliphatic rings. The van der Waals surface area contributed by atoms with Gasteiger partial charge < -0.3 is 0 Å². The predicted molar refractivity (Wildman–Crippen MR) is 137 cm³/mol. The van der Waals surface area contributed by atoms with Crippen molar-refractivity contribution in [2.24, 2.45) is 20.0 Å². The maximum Gasteiger partial charge on any atom is 0.0737 e. The lowest BCUT2D eigenvalue weighted by Crippen LogP contribution is -1.96. The van der Waals surface area contributed by atoms with E-state index in [2.05, 4.69) is 51.3 Å². The van der Waals surface area contributed by atoms with Gasteiger partial charge in [0, 0.05) is 10.9 Å². The van der Waals surface area contributed by atoms with Crippen LogP contribution in [0.15, 0.2) is 134 Å². The van der Waals surface area contributed by atoms with Crippen LogP contribution >= 0.6 is 15.9 Å². The zero-order chi connectivity index (χ0) is 21.5.